The molecule has 160 valence electrons. The number of carbonyl (C=O) groups is 2. The highest BCUT2D eigenvalue weighted by Crippen LogP contribution is 2.32. The first-order chi connectivity index (χ1) is 14.3. The van der Waals surface area contributed by atoms with Crippen molar-refractivity contribution in [2.45, 2.75) is 45.2 Å². The topological polar surface area (TPSA) is 85.7 Å². The van der Waals surface area contributed by atoms with E-state index in [1.807, 2.05) is 48.7 Å². The van der Waals surface area contributed by atoms with Crippen molar-refractivity contribution >= 4 is 21.7 Å². The molecule has 8 heteroatoms. The number of ether oxygens (including phenoxy) is 1. The number of hydrogen-bond donors (Lipinski definition) is 0. The van der Waals surface area contributed by atoms with Gasteiger partial charge in [0, 0.05) is 29.2 Å². The van der Waals surface area contributed by atoms with Gasteiger partial charge in [-0.2, -0.15) is 0 Å². The van der Waals surface area contributed by atoms with Gasteiger partial charge in [0.15, 0.2) is 16.4 Å². The lowest BCUT2D eigenvalue weighted by Gasteiger charge is -2.28. The van der Waals surface area contributed by atoms with Gasteiger partial charge in [0.25, 0.3) is 5.91 Å². The third-order valence-electron chi connectivity index (χ3n) is 5.82. The van der Waals surface area contributed by atoms with Crippen LogP contribution in [0.25, 0.3) is 5.69 Å². The van der Waals surface area contributed by atoms with E-state index in [0.717, 1.165) is 29.9 Å². The summed E-state index contributed by atoms with van der Waals surface area (Å²) in [6.45, 7) is 3.39. The van der Waals surface area contributed by atoms with Crippen molar-refractivity contribution in [3.05, 3.63) is 53.3 Å². The Labute approximate surface area is 176 Å². The minimum Gasteiger partial charge on any atom is -0.452 e. The SMILES string of the molecule is Cc1cc(C(=O)OCC(=O)N(C2CC2)[C@@H]2CCS(=O)(=O)C2)c(C)n1-c1ccccc1. The highest BCUT2D eigenvalue weighted by atomic mass is 32.2. The van der Waals surface area contributed by atoms with Crippen LogP contribution >= 0.6 is 0 Å². The zero-order chi connectivity index (χ0) is 21.5. The summed E-state index contributed by atoms with van der Waals surface area (Å²) < 4.78 is 31.0. The van der Waals surface area contributed by atoms with E-state index in [1.54, 1.807) is 11.0 Å². The molecule has 0 radical (unpaired) electrons. The molecule has 2 aliphatic rings. The molecule has 1 amide bonds. The highest BCUT2D eigenvalue weighted by molar-refractivity contribution is 7.91. The molecule has 1 aromatic carbocycles. The monoisotopic (exact) mass is 430 g/mol. The highest BCUT2D eigenvalue weighted by Gasteiger charge is 2.42. The standard InChI is InChI=1S/C22H26N2O5S/c1-15-12-20(16(2)23(15)17-6-4-3-5-7-17)22(26)29-13-21(25)24(18-8-9-18)19-10-11-30(27,28)14-19/h3-7,12,18-19H,8-11,13-14H2,1-2H3/t19-/m1/s1. The number of para-hydroxylation sites is 1. The third-order valence-corrected chi connectivity index (χ3v) is 7.57. The number of carbonyl (C=O) groups excluding carboxylic acids is 2. The molecule has 1 saturated heterocycles. The summed E-state index contributed by atoms with van der Waals surface area (Å²) in [4.78, 5) is 27.1. The van der Waals surface area contributed by atoms with E-state index < -0.39 is 15.8 Å². The predicted molar refractivity (Wildman–Crippen MR) is 112 cm³/mol. The second kappa shape index (κ2) is 7.91. The normalized spacial score (nSPS) is 20.1. The van der Waals surface area contributed by atoms with Crippen LogP contribution in [0.3, 0.4) is 0 Å². The minimum absolute atomic E-state index is 0.00140. The van der Waals surface area contributed by atoms with Crippen molar-refractivity contribution in [1.82, 2.24) is 9.47 Å². The Morgan fingerprint density at radius 3 is 2.40 bits per heavy atom. The van der Waals surface area contributed by atoms with Gasteiger partial charge in [0.1, 0.15) is 0 Å². The molecule has 1 aliphatic heterocycles. The Morgan fingerprint density at radius 2 is 1.80 bits per heavy atom. The molecule has 0 N–H and O–H groups in total. The van der Waals surface area contributed by atoms with E-state index in [9.17, 15) is 18.0 Å². The van der Waals surface area contributed by atoms with Crippen molar-refractivity contribution in [2.24, 2.45) is 0 Å². The fourth-order valence-corrected chi connectivity index (χ4v) is 5.99. The van der Waals surface area contributed by atoms with Crippen LogP contribution in [0.15, 0.2) is 36.4 Å². The second-order valence-corrected chi connectivity index (χ2v) is 10.3. The summed E-state index contributed by atoms with van der Waals surface area (Å²) in [6, 6.07) is 11.2. The van der Waals surface area contributed by atoms with Crippen molar-refractivity contribution < 1.29 is 22.7 Å². The molecule has 2 fully saturated rings. The summed E-state index contributed by atoms with van der Waals surface area (Å²) in [5.74, 6) is -0.751. The number of hydrogen-bond acceptors (Lipinski definition) is 5. The summed E-state index contributed by atoms with van der Waals surface area (Å²) in [5, 5.41) is 0. The number of aromatic nitrogens is 1. The Morgan fingerprint density at radius 1 is 1.10 bits per heavy atom. The van der Waals surface area contributed by atoms with Gasteiger partial charge in [-0.15, -0.1) is 0 Å². The van der Waals surface area contributed by atoms with Crippen LogP contribution in [0.2, 0.25) is 0 Å². The average molecular weight is 431 g/mol. The van der Waals surface area contributed by atoms with Gasteiger partial charge >= 0.3 is 5.97 Å². The number of nitrogens with zero attached hydrogens (tertiary/aromatic N) is 2. The lowest BCUT2D eigenvalue weighted by atomic mass is 10.2. The predicted octanol–water partition coefficient (Wildman–Crippen LogP) is 2.43. The quantitative estimate of drug-likeness (QED) is 0.657. The first-order valence-electron chi connectivity index (χ1n) is 10.2. The largest absolute Gasteiger partial charge is 0.452 e. The smallest absolute Gasteiger partial charge is 0.340 e. The summed E-state index contributed by atoms with van der Waals surface area (Å²) >= 11 is 0. The van der Waals surface area contributed by atoms with Gasteiger partial charge in [0.05, 0.1) is 17.1 Å². The van der Waals surface area contributed by atoms with Crippen LogP contribution < -0.4 is 0 Å². The zero-order valence-corrected chi connectivity index (χ0v) is 18.0. The maximum Gasteiger partial charge on any atom is 0.340 e. The van der Waals surface area contributed by atoms with Gasteiger partial charge in [-0.25, -0.2) is 13.2 Å². The van der Waals surface area contributed by atoms with Crippen LogP contribution in [0, 0.1) is 13.8 Å². The molecule has 2 aromatic rings. The number of rotatable bonds is 6. The maximum atomic E-state index is 12.8. The first-order valence-corrected chi connectivity index (χ1v) is 12.0. The number of benzene rings is 1. The van der Waals surface area contributed by atoms with Gasteiger partial charge in [-0.3, -0.25) is 4.79 Å². The Kier molecular flexibility index (Phi) is 5.44. The summed E-state index contributed by atoms with van der Waals surface area (Å²) in [6.07, 6.45) is 2.19. The molecular formula is C22H26N2O5S. The average Bonchev–Trinajstić information content (AvgIpc) is 3.40. The minimum atomic E-state index is -3.09. The fourth-order valence-electron chi connectivity index (χ4n) is 4.28. The van der Waals surface area contributed by atoms with E-state index in [0.29, 0.717) is 12.0 Å². The number of aryl methyl sites for hydroxylation is 1. The molecule has 2 heterocycles. The number of sulfone groups is 1. The second-order valence-electron chi connectivity index (χ2n) is 8.12. The van der Waals surface area contributed by atoms with Crippen molar-refractivity contribution in [1.29, 1.82) is 0 Å². The molecule has 1 aliphatic carbocycles. The van der Waals surface area contributed by atoms with Crippen molar-refractivity contribution in [2.75, 3.05) is 18.1 Å². The van der Waals surface area contributed by atoms with E-state index in [4.69, 9.17) is 4.74 Å². The molecule has 4 rings (SSSR count). The molecule has 0 spiro atoms. The van der Waals surface area contributed by atoms with Gasteiger partial charge < -0.3 is 14.2 Å². The Bertz CT molecular complexity index is 1070. The number of amides is 1. The van der Waals surface area contributed by atoms with Crippen LogP contribution in [-0.4, -0.2) is 60.0 Å². The van der Waals surface area contributed by atoms with Crippen LogP contribution in [0.4, 0.5) is 0 Å². The third kappa shape index (κ3) is 4.14. The fraction of sp³-hybridized carbons (Fsp3) is 0.455. The molecule has 7 nitrogen and oxygen atoms in total. The number of esters is 1. The van der Waals surface area contributed by atoms with Crippen LogP contribution in [0.1, 0.15) is 41.0 Å². The van der Waals surface area contributed by atoms with Crippen LogP contribution in [-0.2, 0) is 19.4 Å². The molecule has 30 heavy (non-hydrogen) atoms. The first kappa shape index (κ1) is 20.7. The Balaban J connectivity index is 1.45. The van der Waals surface area contributed by atoms with Crippen molar-refractivity contribution in [3.8, 4) is 5.69 Å². The summed E-state index contributed by atoms with van der Waals surface area (Å²) in [5.41, 5.74) is 3.01. The van der Waals surface area contributed by atoms with E-state index >= 15 is 0 Å². The molecular weight excluding hydrogens is 404 g/mol. The Hall–Kier alpha value is -2.61. The van der Waals surface area contributed by atoms with E-state index in [2.05, 4.69) is 0 Å². The maximum absolute atomic E-state index is 12.8. The van der Waals surface area contributed by atoms with Crippen LogP contribution in [0.5, 0.6) is 0 Å². The lowest BCUT2D eigenvalue weighted by Crippen LogP contribution is -2.44. The molecule has 0 unspecified atom stereocenters. The van der Waals surface area contributed by atoms with Gasteiger partial charge in [0.2, 0.25) is 0 Å². The molecule has 1 atom stereocenters. The van der Waals surface area contributed by atoms with E-state index in [1.165, 1.54) is 0 Å². The van der Waals surface area contributed by atoms with Gasteiger partial charge in [-0.05, 0) is 51.3 Å². The van der Waals surface area contributed by atoms with Crippen molar-refractivity contribution in [3.63, 3.8) is 0 Å². The zero-order valence-electron chi connectivity index (χ0n) is 17.2. The molecule has 0 bridgehead atoms. The van der Waals surface area contributed by atoms with Gasteiger partial charge in [-0.1, -0.05) is 18.2 Å². The van der Waals surface area contributed by atoms with E-state index in [-0.39, 0.29) is 36.1 Å². The lowest BCUT2D eigenvalue weighted by molar-refractivity contribution is -0.137. The summed E-state index contributed by atoms with van der Waals surface area (Å²) in [7, 11) is -3.09. The molecule has 1 saturated carbocycles. The molecule has 1 aromatic heterocycles.